The fourth-order valence-corrected chi connectivity index (χ4v) is 7.35. The maximum Gasteiger partial charge on any atom is 0.275 e. The van der Waals surface area contributed by atoms with E-state index in [0.29, 0.717) is 12.0 Å². The van der Waals surface area contributed by atoms with Crippen LogP contribution >= 0.6 is 0 Å². The summed E-state index contributed by atoms with van der Waals surface area (Å²) < 4.78 is 0. The lowest BCUT2D eigenvalue weighted by molar-refractivity contribution is -1.01. The van der Waals surface area contributed by atoms with Crippen molar-refractivity contribution in [2.24, 2.45) is 23.2 Å². The zero-order chi connectivity index (χ0) is 20.4. The van der Waals surface area contributed by atoms with Gasteiger partial charge in [0, 0.05) is 6.54 Å². The van der Waals surface area contributed by atoms with Crippen LogP contribution in [0.25, 0.3) is 6.08 Å². The molecular formula is C26H39N3O+2. The van der Waals surface area contributed by atoms with Gasteiger partial charge in [0.15, 0.2) is 6.54 Å². The molecule has 3 N–H and O–H groups in total. The Morgan fingerprint density at radius 1 is 0.933 bits per heavy atom. The van der Waals surface area contributed by atoms with Gasteiger partial charge in [-0.15, -0.1) is 0 Å². The van der Waals surface area contributed by atoms with Gasteiger partial charge in [-0.05, 0) is 73.3 Å². The number of benzene rings is 1. The van der Waals surface area contributed by atoms with Gasteiger partial charge >= 0.3 is 0 Å². The number of quaternary nitrogens is 2. The minimum Gasteiger partial charge on any atom is -0.351 e. The fraction of sp³-hybridized carbons (Fsp3) is 0.654. The summed E-state index contributed by atoms with van der Waals surface area (Å²) in [5, 5.41) is 3.37. The molecule has 0 atom stereocenters. The van der Waals surface area contributed by atoms with Gasteiger partial charge in [0.1, 0.15) is 26.2 Å². The predicted octanol–water partition coefficient (Wildman–Crippen LogP) is 0.816. The highest BCUT2D eigenvalue weighted by Crippen LogP contribution is 2.59. The van der Waals surface area contributed by atoms with Gasteiger partial charge in [-0.25, -0.2) is 0 Å². The molecule has 1 amide bonds. The molecule has 4 aliphatic carbocycles. The predicted molar refractivity (Wildman–Crippen MR) is 120 cm³/mol. The molecule has 0 radical (unpaired) electrons. The Bertz CT molecular complexity index is 716. The molecule has 162 valence electrons. The second-order valence-electron chi connectivity index (χ2n) is 10.9. The number of nitrogens with one attached hydrogen (secondary N) is 3. The molecule has 1 heterocycles. The average molecular weight is 410 g/mol. The van der Waals surface area contributed by atoms with Crippen molar-refractivity contribution in [2.45, 2.75) is 38.5 Å². The largest absolute Gasteiger partial charge is 0.351 e. The van der Waals surface area contributed by atoms with Crippen LogP contribution in [0.4, 0.5) is 0 Å². The standard InChI is InChI=1S/C26H37N3O/c30-25(27-20-26-16-22-13-23(17-26)15-24(14-22)18-26)19-29-11-9-28(10-12-29)8-4-7-21-5-2-1-3-6-21/h1-7,22-24H,8-20H2,(H,27,30)/p+2/b7-4+. The Morgan fingerprint density at radius 3 is 2.17 bits per heavy atom. The van der Waals surface area contributed by atoms with Crippen LogP contribution in [0.5, 0.6) is 0 Å². The van der Waals surface area contributed by atoms with Crippen LogP contribution in [-0.2, 0) is 4.79 Å². The first-order valence-corrected chi connectivity index (χ1v) is 12.3. The molecule has 0 spiro atoms. The topological polar surface area (TPSA) is 38.0 Å². The first-order valence-electron chi connectivity index (χ1n) is 12.3. The lowest BCUT2D eigenvalue weighted by Crippen LogP contribution is -3.28. The lowest BCUT2D eigenvalue weighted by atomic mass is 9.49. The first-order chi connectivity index (χ1) is 14.7. The molecule has 0 aromatic heterocycles. The summed E-state index contributed by atoms with van der Waals surface area (Å²) in [6.07, 6.45) is 13.1. The Hall–Kier alpha value is -1.65. The molecule has 1 aromatic carbocycles. The molecule has 4 saturated carbocycles. The summed E-state index contributed by atoms with van der Waals surface area (Å²) in [4.78, 5) is 15.8. The highest BCUT2D eigenvalue weighted by atomic mass is 16.2. The van der Waals surface area contributed by atoms with E-state index in [1.807, 2.05) is 0 Å². The molecule has 5 fully saturated rings. The number of piperazine rings is 1. The molecule has 4 bridgehead atoms. The van der Waals surface area contributed by atoms with Crippen molar-refractivity contribution in [3.63, 3.8) is 0 Å². The molecule has 4 heteroatoms. The molecular weight excluding hydrogens is 370 g/mol. The lowest BCUT2D eigenvalue weighted by Gasteiger charge is -2.56. The van der Waals surface area contributed by atoms with Crippen molar-refractivity contribution in [3.05, 3.63) is 42.0 Å². The van der Waals surface area contributed by atoms with Crippen LogP contribution in [0.3, 0.4) is 0 Å². The second kappa shape index (κ2) is 8.84. The highest BCUT2D eigenvalue weighted by molar-refractivity contribution is 5.76. The number of amides is 1. The Labute approximate surface area is 181 Å². The van der Waals surface area contributed by atoms with E-state index < -0.39 is 0 Å². The molecule has 4 nitrogen and oxygen atoms in total. The SMILES string of the molecule is O=C(C[NH+]1CC[NH+](C/C=C/c2ccccc2)CC1)NCC12CC3CC(CC(C3)C1)C2. The van der Waals surface area contributed by atoms with Crippen molar-refractivity contribution in [2.75, 3.05) is 45.8 Å². The highest BCUT2D eigenvalue weighted by Gasteiger charge is 2.50. The van der Waals surface area contributed by atoms with Crippen LogP contribution in [0, 0.1) is 23.2 Å². The van der Waals surface area contributed by atoms with Crippen LogP contribution in [0.1, 0.15) is 44.1 Å². The van der Waals surface area contributed by atoms with Crippen LogP contribution in [-0.4, -0.2) is 51.7 Å². The van der Waals surface area contributed by atoms with Gasteiger partial charge in [-0.3, -0.25) is 4.79 Å². The Morgan fingerprint density at radius 2 is 1.53 bits per heavy atom. The molecule has 6 rings (SSSR count). The summed E-state index contributed by atoms with van der Waals surface area (Å²) in [5.74, 6) is 3.18. The van der Waals surface area contributed by atoms with Gasteiger partial charge in [0.25, 0.3) is 5.91 Å². The van der Waals surface area contributed by atoms with E-state index in [-0.39, 0.29) is 5.91 Å². The van der Waals surface area contributed by atoms with Gasteiger partial charge in [0.05, 0.1) is 6.54 Å². The van der Waals surface area contributed by atoms with E-state index in [1.54, 1.807) is 4.90 Å². The number of hydrogen-bond acceptors (Lipinski definition) is 1. The van der Waals surface area contributed by atoms with E-state index in [1.165, 1.54) is 49.0 Å². The third-order valence-corrected chi connectivity index (χ3v) is 8.42. The van der Waals surface area contributed by atoms with Crippen LogP contribution in [0.15, 0.2) is 36.4 Å². The molecule has 1 saturated heterocycles. The number of rotatable bonds is 7. The molecule has 1 aromatic rings. The second-order valence-corrected chi connectivity index (χ2v) is 10.9. The third-order valence-electron chi connectivity index (χ3n) is 8.42. The molecule has 1 aliphatic heterocycles. The minimum atomic E-state index is 0.285. The van der Waals surface area contributed by atoms with Gasteiger partial charge in [-0.2, -0.15) is 0 Å². The zero-order valence-electron chi connectivity index (χ0n) is 18.4. The minimum absolute atomic E-state index is 0.285. The van der Waals surface area contributed by atoms with E-state index in [4.69, 9.17) is 0 Å². The van der Waals surface area contributed by atoms with Gasteiger partial charge < -0.3 is 15.1 Å². The summed E-state index contributed by atoms with van der Waals surface area (Å²) in [5.41, 5.74) is 1.73. The normalized spacial score (nSPS) is 37.5. The van der Waals surface area contributed by atoms with Crippen molar-refractivity contribution in [1.82, 2.24) is 5.32 Å². The summed E-state index contributed by atoms with van der Waals surface area (Å²) in [6, 6.07) is 10.5. The summed E-state index contributed by atoms with van der Waals surface area (Å²) in [6.45, 7) is 7.25. The average Bonchev–Trinajstić information content (AvgIpc) is 2.74. The maximum atomic E-state index is 12.7. The maximum absolute atomic E-state index is 12.7. The van der Waals surface area contributed by atoms with Crippen molar-refractivity contribution in [1.29, 1.82) is 0 Å². The number of carbonyl (C=O) groups is 1. The summed E-state index contributed by atoms with van der Waals surface area (Å²) in [7, 11) is 0. The monoisotopic (exact) mass is 409 g/mol. The van der Waals surface area contributed by atoms with Gasteiger partial charge in [0.2, 0.25) is 0 Å². The van der Waals surface area contributed by atoms with Crippen LogP contribution < -0.4 is 15.1 Å². The zero-order valence-corrected chi connectivity index (χ0v) is 18.4. The van der Waals surface area contributed by atoms with E-state index in [0.717, 1.165) is 57.0 Å². The molecule has 0 unspecified atom stereocenters. The van der Waals surface area contributed by atoms with Crippen molar-refractivity contribution >= 4 is 12.0 Å². The first kappa shape index (κ1) is 20.3. The van der Waals surface area contributed by atoms with E-state index >= 15 is 0 Å². The summed E-state index contributed by atoms with van der Waals surface area (Å²) >= 11 is 0. The van der Waals surface area contributed by atoms with E-state index in [2.05, 4.69) is 47.8 Å². The quantitative estimate of drug-likeness (QED) is 0.613. The van der Waals surface area contributed by atoms with Gasteiger partial charge in [-0.1, -0.05) is 36.4 Å². The Kier molecular flexibility index (Phi) is 5.97. The van der Waals surface area contributed by atoms with E-state index in [9.17, 15) is 4.79 Å². The smallest absolute Gasteiger partial charge is 0.275 e. The Balaban J connectivity index is 1.02. The molecule has 5 aliphatic rings. The fourth-order valence-electron chi connectivity index (χ4n) is 7.35. The van der Waals surface area contributed by atoms with Crippen molar-refractivity contribution < 1.29 is 14.6 Å². The molecule has 30 heavy (non-hydrogen) atoms. The third kappa shape index (κ3) is 4.81. The number of hydrogen-bond donors (Lipinski definition) is 3. The van der Waals surface area contributed by atoms with Crippen LogP contribution in [0.2, 0.25) is 0 Å². The number of carbonyl (C=O) groups excluding carboxylic acids is 1. The van der Waals surface area contributed by atoms with Crippen molar-refractivity contribution in [3.8, 4) is 0 Å².